The molecule has 0 spiro atoms. The van der Waals surface area contributed by atoms with E-state index in [1.807, 2.05) is 0 Å². The van der Waals surface area contributed by atoms with Crippen molar-refractivity contribution in [2.24, 2.45) is 0 Å². The van der Waals surface area contributed by atoms with Gasteiger partial charge in [-0.05, 0) is 28.1 Å². The predicted molar refractivity (Wildman–Crippen MR) is 49.6 cm³/mol. The summed E-state index contributed by atoms with van der Waals surface area (Å²) in [5, 5.41) is 0. The third-order valence-electron chi connectivity index (χ3n) is 1.12. The molecule has 0 bridgehead atoms. The van der Waals surface area contributed by atoms with Crippen LogP contribution in [0.5, 0.6) is 0 Å². The Hall–Kier alpha value is -0.220. The Balaban J connectivity index is 3.19. The molecule has 0 aliphatic heterocycles. The lowest BCUT2D eigenvalue weighted by Gasteiger charge is -1.96. The number of halogens is 2. The summed E-state index contributed by atoms with van der Waals surface area (Å²) in [5.74, 6) is -0.0352. The summed E-state index contributed by atoms with van der Waals surface area (Å²) in [6.45, 7) is 1.49. The molecule has 2 nitrogen and oxygen atoms in total. The minimum atomic E-state index is -0.0352. The van der Waals surface area contributed by atoms with Gasteiger partial charge in [-0.25, -0.2) is 4.98 Å². The highest BCUT2D eigenvalue weighted by molar-refractivity contribution is 9.11. The number of pyridine rings is 1. The van der Waals surface area contributed by atoms with Gasteiger partial charge in [-0.2, -0.15) is 0 Å². The molecule has 1 rings (SSSR count). The Morgan fingerprint density at radius 1 is 1.45 bits per heavy atom. The molecule has 1 aromatic rings. The second-order valence-corrected chi connectivity index (χ2v) is 3.78. The molecule has 0 atom stereocenters. The van der Waals surface area contributed by atoms with Gasteiger partial charge in [0.2, 0.25) is 0 Å². The van der Waals surface area contributed by atoms with Gasteiger partial charge < -0.3 is 0 Å². The van der Waals surface area contributed by atoms with Crippen LogP contribution in [0.15, 0.2) is 21.2 Å². The van der Waals surface area contributed by atoms with Crippen LogP contribution in [0.4, 0.5) is 0 Å². The maximum atomic E-state index is 10.8. The zero-order valence-corrected chi connectivity index (χ0v) is 8.94. The van der Waals surface area contributed by atoms with Gasteiger partial charge in [0.25, 0.3) is 0 Å². The first-order valence-corrected chi connectivity index (χ1v) is 4.52. The Morgan fingerprint density at radius 3 is 2.55 bits per heavy atom. The van der Waals surface area contributed by atoms with E-state index in [4.69, 9.17) is 0 Å². The molecule has 0 radical (unpaired) electrons. The summed E-state index contributed by atoms with van der Waals surface area (Å²) in [4.78, 5) is 14.8. The van der Waals surface area contributed by atoms with E-state index in [0.717, 1.165) is 4.47 Å². The number of nitrogens with zero attached hydrogens (tertiary/aromatic N) is 1. The second-order valence-electron chi connectivity index (χ2n) is 2.05. The summed E-state index contributed by atoms with van der Waals surface area (Å²) >= 11 is 6.45. The average molecular weight is 279 g/mol. The van der Waals surface area contributed by atoms with Crippen LogP contribution in [0.2, 0.25) is 0 Å². The highest BCUT2D eigenvalue weighted by Gasteiger charge is 2.02. The van der Waals surface area contributed by atoms with Crippen LogP contribution >= 0.6 is 31.9 Å². The zero-order chi connectivity index (χ0) is 8.43. The van der Waals surface area contributed by atoms with Crippen LogP contribution < -0.4 is 0 Å². The maximum absolute atomic E-state index is 10.8. The fraction of sp³-hybridized carbons (Fsp3) is 0.143. The Morgan fingerprint density at radius 2 is 2.09 bits per heavy atom. The maximum Gasteiger partial charge on any atom is 0.178 e. The molecule has 0 aromatic carbocycles. The van der Waals surface area contributed by atoms with Crippen molar-refractivity contribution in [3.63, 3.8) is 0 Å². The van der Waals surface area contributed by atoms with E-state index in [-0.39, 0.29) is 5.78 Å². The van der Waals surface area contributed by atoms with E-state index in [1.165, 1.54) is 6.92 Å². The highest BCUT2D eigenvalue weighted by atomic mass is 79.9. The number of rotatable bonds is 1. The minimum absolute atomic E-state index is 0.0352. The van der Waals surface area contributed by atoms with Crippen LogP contribution in [-0.2, 0) is 0 Å². The Kier molecular flexibility index (Phi) is 2.78. The van der Waals surface area contributed by atoms with Crippen LogP contribution in [-0.4, -0.2) is 10.8 Å². The topological polar surface area (TPSA) is 30.0 Å². The number of hydrogen-bond donors (Lipinski definition) is 0. The normalized spacial score (nSPS) is 9.73. The van der Waals surface area contributed by atoms with Crippen molar-refractivity contribution in [1.82, 2.24) is 4.98 Å². The molecule has 1 aromatic heterocycles. The SMILES string of the molecule is CC(=O)c1cc(Br)cc(Br)n1. The predicted octanol–water partition coefficient (Wildman–Crippen LogP) is 2.81. The van der Waals surface area contributed by atoms with Gasteiger partial charge in [0.05, 0.1) is 0 Å². The fourth-order valence-corrected chi connectivity index (χ4v) is 1.82. The summed E-state index contributed by atoms with van der Waals surface area (Å²) in [7, 11) is 0. The highest BCUT2D eigenvalue weighted by Crippen LogP contribution is 2.16. The summed E-state index contributed by atoms with van der Waals surface area (Å²) in [5.41, 5.74) is 0.464. The first-order chi connectivity index (χ1) is 5.09. The lowest BCUT2D eigenvalue weighted by Crippen LogP contribution is -1.96. The molecule has 0 saturated carbocycles. The average Bonchev–Trinajstić information content (AvgIpc) is 1.85. The number of ketones is 1. The van der Waals surface area contributed by atoms with Gasteiger partial charge in [-0.1, -0.05) is 15.9 Å². The number of hydrogen-bond acceptors (Lipinski definition) is 2. The minimum Gasteiger partial charge on any atom is -0.293 e. The summed E-state index contributed by atoms with van der Waals surface area (Å²) in [6.07, 6.45) is 0. The molecule has 1 heterocycles. The molecule has 58 valence electrons. The number of carbonyl (C=O) groups excluding carboxylic acids is 1. The molecule has 0 aliphatic carbocycles. The summed E-state index contributed by atoms with van der Waals surface area (Å²) in [6, 6.07) is 3.47. The quantitative estimate of drug-likeness (QED) is 0.584. The molecule has 0 saturated heterocycles. The molecule has 0 N–H and O–H groups in total. The van der Waals surface area contributed by atoms with Gasteiger partial charge in [-0.3, -0.25) is 4.79 Å². The molecule has 0 unspecified atom stereocenters. The van der Waals surface area contributed by atoms with Crippen molar-refractivity contribution in [3.8, 4) is 0 Å². The van der Waals surface area contributed by atoms with E-state index < -0.39 is 0 Å². The molecule has 0 fully saturated rings. The van der Waals surface area contributed by atoms with Crippen LogP contribution in [0, 0.1) is 0 Å². The van der Waals surface area contributed by atoms with E-state index in [1.54, 1.807) is 12.1 Å². The van der Waals surface area contributed by atoms with Crippen molar-refractivity contribution in [2.45, 2.75) is 6.92 Å². The molecule has 11 heavy (non-hydrogen) atoms. The second kappa shape index (κ2) is 3.45. The molecule has 0 amide bonds. The lowest BCUT2D eigenvalue weighted by molar-refractivity contribution is 0.101. The van der Waals surface area contributed by atoms with Gasteiger partial charge in [0, 0.05) is 11.4 Å². The zero-order valence-electron chi connectivity index (χ0n) is 5.77. The van der Waals surface area contributed by atoms with Crippen molar-refractivity contribution in [1.29, 1.82) is 0 Å². The molecule has 0 aliphatic rings. The first kappa shape index (κ1) is 8.87. The van der Waals surface area contributed by atoms with Gasteiger partial charge in [0.15, 0.2) is 5.78 Å². The van der Waals surface area contributed by atoms with Gasteiger partial charge in [0.1, 0.15) is 10.3 Å². The molecular weight excluding hydrogens is 274 g/mol. The molecular formula is C7H5Br2NO. The van der Waals surface area contributed by atoms with E-state index in [2.05, 4.69) is 36.8 Å². The van der Waals surface area contributed by atoms with Crippen LogP contribution in [0.25, 0.3) is 0 Å². The van der Waals surface area contributed by atoms with E-state index in [0.29, 0.717) is 10.3 Å². The smallest absolute Gasteiger partial charge is 0.178 e. The van der Waals surface area contributed by atoms with Crippen molar-refractivity contribution >= 4 is 37.6 Å². The third kappa shape index (κ3) is 2.38. The van der Waals surface area contributed by atoms with Crippen molar-refractivity contribution < 1.29 is 4.79 Å². The van der Waals surface area contributed by atoms with Gasteiger partial charge >= 0.3 is 0 Å². The molecule has 4 heteroatoms. The van der Waals surface area contributed by atoms with Crippen molar-refractivity contribution in [2.75, 3.05) is 0 Å². The van der Waals surface area contributed by atoms with Crippen LogP contribution in [0.3, 0.4) is 0 Å². The summed E-state index contributed by atoms with van der Waals surface area (Å²) < 4.78 is 1.52. The number of aromatic nitrogens is 1. The third-order valence-corrected chi connectivity index (χ3v) is 1.98. The Labute approximate surface area is 81.3 Å². The largest absolute Gasteiger partial charge is 0.293 e. The van der Waals surface area contributed by atoms with E-state index >= 15 is 0 Å². The van der Waals surface area contributed by atoms with Gasteiger partial charge in [-0.15, -0.1) is 0 Å². The monoisotopic (exact) mass is 277 g/mol. The van der Waals surface area contributed by atoms with Crippen LogP contribution in [0.1, 0.15) is 17.4 Å². The standard InChI is InChI=1S/C7H5Br2NO/c1-4(11)6-2-5(8)3-7(9)10-6/h2-3H,1H3. The lowest BCUT2D eigenvalue weighted by atomic mass is 10.3. The van der Waals surface area contributed by atoms with E-state index in [9.17, 15) is 4.79 Å². The first-order valence-electron chi connectivity index (χ1n) is 2.93. The number of carbonyl (C=O) groups is 1. The van der Waals surface area contributed by atoms with Crippen molar-refractivity contribution in [3.05, 3.63) is 26.9 Å². The number of Topliss-reactive ketones (excluding diaryl/α,β-unsaturated/α-hetero) is 1. The Bertz CT molecular complexity index is 278. The fourth-order valence-electron chi connectivity index (χ4n) is 0.646.